The van der Waals surface area contributed by atoms with E-state index in [9.17, 15) is 20.4 Å². The third-order valence-corrected chi connectivity index (χ3v) is 14.3. The maximum Gasteiger partial charge on any atom is 0.201 e. The molecule has 5 heteroatoms. The summed E-state index contributed by atoms with van der Waals surface area (Å²) in [5.41, 5.74) is 18.3. The van der Waals surface area contributed by atoms with Crippen LogP contribution in [0.4, 0.5) is 17.1 Å². The summed E-state index contributed by atoms with van der Waals surface area (Å²) in [6, 6.07) is 52.7. The third kappa shape index (κ3) is 4.68. The van der Waals surface area contributed by atoms with E-state index in [1.54, 1.807) is 0 Å². The Morgan fingerprint density at radius 1 is 0.484 bits per heavy atom. The van der Waals surface area contributed by atoms with Crippen LogP contribution in [0.1, 0.15) is 65.6 Å². The first-order chi connectivity index (χ1) is 30.1. The van der Waals surface area contributed by atoms with Crippen molar-refractivity contribution >= 4 is 33.4 Å². The standard InChI is InChI=1S/C57H43NO4/c1-32-52(59)51(54(61)55(62)53(32)60)33-20-22-36(23-21-33)58(37-24-26-42-39-14-6-9-17-45(39)56(2,3)48(42)30-37)38-25-27-43-40-15-7-10-18-46(40)57(50(43)31-38)47-19-11-8-16-41(47)44-28-34-12-4-5-13-35(34)29-49(44)57/h4-5,7-13,15-31,59-62H,6,14H2,1-3H3. The Bertz CT molecular complexity index is 3310. The first-order valence-electron chi connectivity index (χ1n) is 21.4. The molecule has 4 aliphatic carbocycles. The minimum absolute atomic E-state index is 0.0585. The lowest BCUT2D eigenvalue weighted by Gasteiger charge is -2.33. The number of hydrogen-bond acceptors (Lipinski definition) is 5. The van der Waals surface area contributed by atoms with Gasteiger partial charge < -0.3 is 25.3 Å². The van der Waals surface area contributed by atoms with E-state index in [0.29, 0.717) is 5.56 Å². The molecule has 0 saturated heterocycles. The molecule has 5 nitrogen and oxygen atoms in total. The summed E-state index contributed by atoms with van der Waals surface area (Å²) >= 11 is 0. The predicted octanol–water partition coefficient (Wildman–Crippen LogP) is 13.8. The summed E-state index contributed by atoms with van der Waals surface area (Å²) in [5, 5.41) is 45.4. The van der Waals surface area contributed by atoms with Gasteiger partial charge in [-0.25, -0.2) is 0 Å². The van der Waals surface area contributed by atoms with Gasteiger partial charge in [-0.2, -0.15) is 0 Å². The van der Waals surface area contributed by atoms with Crippen LogP contribution < -0.4 is 4.90 Å². The molecule has 4 N–H and O–H groups in total. The summed E-state index contributed by atoms with van der Waals surface area (Å²) in [4.78, 5) is 2.31. The highest BCUT2D eigenvalue weighted by molar-refractivity contribution is 6.01. The molecular formula is C57H43NO4. The largest absolute Gasteiger partial charge is 0.507 e. The first-order valence-corrected chi connectivity index (χ1v) is 21.4. The smallest absolute Gasteiger partial charge is 0.201 e. The highest BCUT2D eigenvalue weighted by Gasteiger charge is 2.52. The zero-order chi connectivity index (χ0) is 42.2. The number of benzene rings is 8. The molecule has 0 aromatic heterocycles. The van der Waals surface area contributed by atoms with Crippen LogP contribution in [0.25, 0.3) is 49.7 Å². The molecule has 12 rings (SSSR count). The van der Waals surface area contributed by atoms with Crippen LogP contribution in [-0.2, 0) is 10.8 Å². The normalized spacial score (nSPS) is 17.1. The molecule has 1 atom stereocenters. The average Bonchev–Trinajstić information content (AvgIpc) is 3.85. The molecule has 0 radical (unpaired) electrons. The lowest BCUT2D eigenvalue weighted by molar-refractivity contribution is 0.360. The van der Waals surface area contributed by atoms with Gasteiger partial charge in [0.15, 0.2) is 11.5 Å². The molecule has 0 aliphatic heterocycles. The van der Waals surface area contributed by atoms with Crippen molar-refractivity contribution < 1.29 is 20.4 Å². The maximum atomic E-state index is 11.1. The number of hydrogen-bond donors (Lipinski definition) is 4. The predicted molar refractivity (Wildman–Crippen MR) is 250 cm³/mol. The van der Waals surface area contributed by atoms with Gasteiger partial charge in [0.2, 0.25) is 5.75 Å². The zero-order valence-corrected chi connectivity index (χ0v) is 34.7. The molecule has 62 heavy (non-hydrogen) atoms. The Morgan fingerprint density at radius 2 is 1.05 bits per heavy atom. The van der Waals surface area contributed by atoms with E-state index in [1.807, 2.05) is 24.3 Å². The van der Waals surface area contributed by atoms with Gasteiger partial charge in [0.25, 0.3) is 0 Å². The van der Waals surface area contributed by atoms with E-state index >= 15 is 0 Å². The van der Waals surface area contributed by atoms with Gasteiger partial charge in [0, 0.05) is 28.0 Å². The van der Waals surface area contributed by atoms with E-state index < -0.39 is 22.7 Å². The minimum Gasteiger partial charge on any atom is -0.507 e. The van der Waals surface area contributed by atoms with Gasteiger partial charge in [0.1, 0.15) is 5.75 Å². The topological polar surface area (TPSA) is 84.2 Å². The van der Waals surface area contributed by atoms with Crippen molar-refractivity contribution in [1.82, 2.24) is 0 Å². The fourth-order valence-corrected chi connectivity index (χ4v) is 11.4. The van der Waals surface area contributed by atoms with Crippen molar-refractivity contribution in [3.8, 4) is 56.4 Å². The van der Waals surface area contributed by atoms with Crippen LogP contribution >= 0.6 is 0 Å². The molecule has 0 fully saturated rings. The van der Waals surface area contributed by atoms with E-state index in [1.165, 1.54) is 84.5 Å². The molecule has 0 bridgehead atoms. The van der Waals surface area contributed by atoms with Crippen LogP contribution in [0, 0.1) is 6.92 Å². The van der Waals surface area contributed by atoms with Crippen molar-refractivity contribution in [2.75, 3.05) is 4.90 Å². The van der Waals surface area contributed by atoms with E-state index in [0.717, 1.165) is 29.9 Å². The summed E-state index contributed by atoms with van der Waals surface area (Å²) in [6.07, 6.45) is 6.69. The molecule has 1 spiro atoms. The van der Waals surface area contributed by atoms with Gasteiger partial charge >= 0.3 is 0 Å². The second-order valence-corrected chi connectivity index (χ2v) is 17.8. The number of anilines is 3. The van der Waals surface area contributed by atoms with Crippen LogP contribution in [0.2, 0.25) is 0 Å². The maximum absolute atomic E-state index is 11.1. The Morgan fingerprint density at radius 3 is 1.76 bits per heavy atom. The Kier molecular flexibility index (Phi) is 7.48. The summed E-state index contributed by atoms with van der Waals surface area (Å²) in [7, 11) is 0. The van der Waals surface area contributed by atoms with Crippen LogP contribution in [0.15, 0.2) is 163 Å². The fraction of sp³-hybridized carbons (Fsp3) is 0.123. The van der Waals surface area contributed by atoms with Crippen molar-refractivity contribution in [1.29, 1.82) is 0 Å². The quantitative estimate of drug-likeness (QED) is 0.105. The van der Waals surface area contributed by atoms with E-state index in [-0.39, 0.29) is 22.3 Å². The number of phenols is 4. The van der Waals surface area contributed by atoms with Gasteiger partial charge in [-0.15, -0.1) is 0 Å². The Balaban J connectivity index is 1.10. The number of rotatable bonds is 4. The van der Waals surface area contributed by atoms with Crippen molar-refractivity contribution in [3.63, 3.8) is 0 Å². The van der Waals surface area contributed by atoms with Gasteiger partial charge in [-0.05, 0) is 151 Å². The number of allylic oxidation sites excluding steroid dienone is 4. The van der Waals surface area contributed by atoms with Crippen molar-refractivity contribution in [2.45, 2.75) is 44.4 Å². The monoisotopic (exact) mass is 805 g/mol. The molecule has 0 saturated carbocycles. The lowest BCUT2D eigenvalue weighted by Crippen LogP contribution is -2.26. The molecule has 0 heterocycles. The second kappa shape index (κ2) is 12.8. The molecule has 0 amide bonds. The van der Waals surface area contributed by atoms with E-state index in [2.05, 4.69) is 152 Å². The first kappa shape index (κ1) is 36.4. The molecule has 300 valence electrons. The number of phenolic OH excluding ortho intramolecular Hbond substituents is 4. The molecule has 4 aliphatic rings. The molecular weight excluding hydrogens is 763 g/mol. The van der Waals surface area contributed by atoms with Crippen molar-refractivity contribution in [2.24, 2.45) is 0 Å². The zero-order valence-electron chi connectivity index (χ0n) is 34.7. The molecule has 8 aromatic carbocycles. The highest BCUT2D eigenvalue weighted by Crippen LogP contribution is 2.64. The van der Waals surface area contributed by atoms with Gasteiger partial charge in [-0.3, -0.25) is 0 Å². The highest BCUT2D eigenvalue weighted by atomic mass is 16.3. The van der Waals surface area contributed by atoms with Crippen molar-refractivity contribution in [3.05, 3.63) is 202 Å². The number of nitrogens with zero attached hydrogens (tertiary/aromatic N) is 1. The third-order valence-electron chi connectivity index (χ3n) is 14.3. The lowest BCUT2D eigenvalue weighted by atomic mass is 9.70. The van der Waals surface area contributed by atoms with Crippen LogP contribution in [-0.4, -0.2) is 20.4 Å². The van der Waals surface area contributed by atoms with E-state index in [4.69, 9.17) is 0 Å². The summed E-state index contributed by atoms with van der Waals surface area (Å²) in [5.74, 6) is -2.07. The average molecular weight is 806 g/mol. The fourth-order valence-electron chi connectivity index (χ4n) is 11.4. The SMILES string of the molecule is Cc1c(O)c(O)c(O)c(-c2ccc(N(c3ccc4c(c3)C(C)(C)C3=C4CCC=C3)c3ccc4c(c3)C3(c5ccccc5-4)c4ccccc4-c4cc5ccccc5cc43)cc2)c1O. The number of fused-ring (bicyclic) bond motifs is 13. The second-order valence-electron chi connectivity index (χ2n) is 17.8. The molecule has 8 aromatic rings. The van der Waals surface area contributed by atoms with Crippen LogP contribution in [0.5, 0.6) is 23.0 Å². The molecule has 1 unspecified atom stereocenters. The Hall–Kier alpha value is -7.50. The number of aromatic hydroxyl groups is 4. The Labute approximate surface area is 360 Å². The van der Waals surface area contributed by atoms with Gasteiger partial charge in [-0.1, -0.05) is 123 Å². The summed E-state index contributed by atoms with van der Waals surface area (Å²) in [6.45, 7) is 6.16. The summed E-state index contributed by atoms with van der Waals surface area (Å²) < 4.78 is 0. The van der Waals surface area contributed by atoms with Gasteiger partial charge in [0.05, 0.1) is 11.0 Å². The minimum atomic E-state index is -0.663. The van der Waals surface area contributed by atoms with Crippen LogP contribution in [0.3, 0.4) is 0 Å².